The van der Waals surface area contributed by atoms with Crippen molar-refractivity contribution in [2.24, 2.45) is 0 Å². The Balaban J connectivity index is 0.000000116. The minimum Gasteiger partial charge on any atom is -0.456 e. The lowest BCUT2D eigenvalue weighted by atomic mass is 9.98. The zero-order valence-electron chi connectivity index (χ0n) is 71.7. The maximum atomic E-state index is 6.47. The Morgan fingerprint density at radius 2 is 0.617 bits per heavy atom. The van der Waals surface area contributed by atoms with Crippen molar-refractivity contribution in [1.29, 1.82) is 0 Å². The molecule has 133 heavy (non-hydrogen) atoms. The molecule has 624 valence electrons. The van der Waals surface area contributed by atoms with Crippen LogP contribution in [0, 0.1) is 0 Å². The van der Waals surface area contributed by atoms with Gasteiger partial charge in [0, 0.05) is 151 Å². The fraction of sp³-hybridized carbons (Fsp3) is 0. The number of hydrogen-bond acceptors (Lipinski definition) is 6. The quantitative estimate of drug-likeness (QED) is 0.140. The van der Waals surface area contributed by atoms with Gasteiger partial charge in [0.2, 0.25) is 0 Å². The number of halogens is 1. The number of thiophene rings is 2. The maximum Gasteiger partial charge on any atom is 0.137 e. The minimum atomic E-state index is 0.864. The van der Waals surface area contributed by atoms with Crippen molar-refractivity contribution in [3.8, 4) is 55.9 Å². The molecular formula is C124H77BrN4O2S2. The van der Waals surface area contributed by atoms with Gasteiger partial charge in [-0.05, 0) is 247 Å². The van der Waals surface area contributed by atoms with Gasteiger partial charge in [0.05, 0.1) is 22.1 Å². The van der Waals surface area contributed by atoms with E-state index in [1.807, 2.05) is 53.0 Å². The third-order valence-electron chi connectivity index (χ3n) is 26.6. The van der Waals surface area contributed by atoms with E-state index in [1.165, 1.54) is 166 Å². The van der Waals surface area contributed by atoms with Gasteiger partial charge < -0.3 is 28.2 Å². The molecule has 1 N–H and O–H groups in total. The molecule has 0 aliphatic carbocycles. The molecule has 0 fully saturated rings. The molecule has 0 radical (unpaired) electrons. The molecule has 0 atom stereocenters. The Hall–Kier alpha value is -16.4. The van der Waals surface area contributed by atoms with Crippen LogP contribution >= 0.6 is 38.6 Å². The second-order valence-electron chi connectivity index (χ2n) is 34.4. The average molecular weight is 1800 g/mol. The molecule has 0 amide bonds. The van der Waals surface area contributed by atoms with Crippen molar-refractivity contribution in [1.82, 2.24) is 9.13 Å². The van der Waals surface area contributed by atoms with Crippen LogP contribution in [0.2, 0.25) is 0 Å². The molecule has 6 nitrogen and oxygen atoms in total. The first kappa shape index (κ1) is 77.7. The van der Waals surface area contributed by atoms with Crippen LogP contribution < -0.4 is 10.2 Å². The van der Waals surface area contributed by atoms with Crippen molar-refractivity contribution >= 4 is 238 Å². The Labute approximate surface area is 781 Å². The zero-order chi connectivity index (χ0) is 87.7. The van der Waals surface area contributed by atoms with Crippen LogP contribution in [0.25, 0.3) is 227 Å². The number of benzene rings is 22. The largest absolute Gasteiger partial charge is 0.456 e. The highest BCUT2D eigenvalue weighted by Gasteiger charge is 2.23. The molecule has 0 unspecified atom stereocenters. The molecular weight excluding hydrogens is 1720 g/mol. The van der Waals surface area contributed by atoms with Gasteiger partial charge in [-0.3, -0.25) is 0 Å². The number of furan rings is 2. The molecule has 0 bridgehead atoms. The van der Waals surface area contributed by atoms with E-state index in [1.54, 1.807) is 0 Å². The van der Waals surface area contributed by atoms with Crippen LogP contribution in [-0.4, -0.2) is 9.13 Å². The van der Waals surface area contributed by atoms with Crippen LogP contribution in [0.4, 0.5) is 28.4 Å². The Kier molecular flexibility index (Phi) is 18.7. The average Bonchev–Trinajstić information content (AvgIpc) is 1.57. The Morgan fingerprint density at radius 3 is 1.17 bits per heavy atom. The van der Waals surface area contributed by atoms with Gasteiger partial charge in [-0.1, -0.05) is 295 Å². The number of aromatic nitrogens is 2. The van der Waals surface area contributed by atoms with E-state index in [2.05, 4.69) is 466 Å². The van der Waals surface area contributed by atoms with Gasteiger partial charge in [-0.15, -0.1) is 22.7 Å². The number of hydrogen-bond donors (Lipinski definition) is 1. The third kappa shape index (κ3) is 13.6. The highest BCUT2D eigenvalue weighted by molar-refractivity contribution is 9.10. The summed E-state index contributed by atoms with van der Waals surface area (Å²) in [5.41, 5.74) is 25.6. The fourth-order valence-corrected chi connectivity index (χ4v) is 23.2. The van der Waals surface area contributed by atoms with E-state index < -0.39 is 0 Å². The second-order valence-corrected chi connectivity index (χ2v) is 37.4. The summed E-state index contributed by atoms with van der Waals surface area (Å²) in [5, 5.41) is 28.5. The van der Waals surface area contributed by atoms with Crippen LogP contribution in [0.1, 0.15) is 0 Å². The molecule has 0 saturated heterocycles. The molecule has 28 aromatic rings. The van der Waals surface area contributed by atoms with Gasteiger partial charge >= 0.3 is 0 Å². The van der Waals surface area contributed by atoms with Crippen LogP contribution in [-0.2, 0) is 0 Å². The van der Waals surface area contributed by atoms with Crippen molar-refractivity contribution in [3.63, 3.8) is 0 Å². The molecule has 0 aliphatic heterocycles. The van der Waals surface area contributed by atoms with Crippen molar-refractivity contribution in [2.75, 3.05) is 10.2 Å². The second kappa shape index (κ2) is 32.1. The maximum absolute atomic E-state index is 6.47. The molecule has 0 aliphatic rings. The lowest BCUT2D eigenvalue weighted by molar-refractivity contribution is 0.668. The standard InChI is InChI=1S/C62H38N2OS.C34H20BrNS.C28H19NO/c1-2-15-44(16-3-1)64-57-33-27-42(35-55(57)56-36-43-26-31-53-52-20-7-9-23-61(52)66-62(53)54(43)38-58(56)64)41-14-10-17-46(34-41)63(47-30-32-51-50-19-6-8-22-59(50)65-60(51)37-47)45-28-24-40(25-29-45)49-21-11-13-39-12-4-5-18-48(39)49;35-24-8-6-7-21(17-24)22-14-16-31-29(18-22)30-19-23-13-15-27-26-11-4-5-12-33(26)37-34(27)28(23)20-32(30)36(31)25-9-2-1-3-10-25;1-2-8-23-19(6-1)7-5-10-24(23)20-12-14-21(15-13-20)29-22-16-17-26-25-9-3-4-11-27(25)30-28(26)18-22/h1-38H;1-20H;1-18,29H. The topological polar surface area (TPSA) is 51.4 Å². The van der Waals surface area contributed by atoms with E-state index >= 15 is 0 Å². The van der Waals surface area contributed by atoms with Crippen molar-refractivity contribution in [2.45, 2.75) is 0 Å². The number of nitrogens with zero attached hydrogens (tertiary/aromatic N) is 3. The normalized spacial score (nSPS) is 11.8. The van der Waals surface area contributed by atoms with Crippen molar-refractivity contribution in [3.05, 3.63) is 466 Å². The number of nitrogens with one attached hydrogen (secondary N) is 1. The van der Waals surface area contributed by atoms with E-state index in [9.17, 15) is 0 Å². The summed E-state index contributed by atoms with van der Waals surface area (Å²) >= 11 is 7.43. The molecule has 6 heterocycles. The molecule has 0 spiro atoms. The zero-order valence-corrected chi connectivity index (χ0v) is 75.0. The highest BCUT2D eigenvalue weighted by atomic mass is 79.9. The predicted molar refractivity (Wildman–Crippen MR) is 572 cm³/mol. The van der Waals surface area contributed by atoms with Crippen LogP contribution in [0.3, 0.4) is 0 Å². The van der Waals surface area contributed by atoms with Gasteiger partial charge in [0.25, 0.3) is 0 Å². The smallest absolute Gasteiger partial charge is 0.137 e. The molecule has 6 aromatic heterocycles. The first-order chi connectivity index (χ1) is 65.8. The highest BCUT2D eigenvalue weighted by Crippen LogP contribution is 2.49. The molecule has 28 rings (SSSR count). The molecule has 0 saturated carbocycles. The summed E-state index contributed by atoms with van der Waals surface area (Å²) in [6, 6.07) is 166. The number of anilines is 5. The summed E-state index contributed by atoms with van der Waals surface area (Å²) in [6.45, 7) is 0. The van der Waals surface area contributed by atoms with Crippen LogP contribution in [0.15, 0.2) is 474 Å². The fourth-order valence-electron chi connectivity index (χ4n) is 20.4. The summed E-state index contributed by atoms with van der Waals surface area (Å²) < 4.78 is 23.8. The molecule has 22 aromatic carbocycles. The van der Waals surface area contributed by atoms with Gasteiger partial charge in [0.1, 0.15) is 22.3 Å². The SMILES string of the molecule is Brc1cccc(-c2ccc3c(c2)c2cc4ccc5c6ccccc6sc5c4cc2n3-c2ccccc2)c1.c1ccc(-n2c3ccc(-c4cccc(N(c5ccc(-c6cccc7ccccc67)cc5)c5ccc6c(c5)oc5ccccc56)c4)cc3c3cc4ccc5c6ccccc6sc5c4cc32)cc1.c1ccc2c(-c3ccc(Nc4ccc5c(c4)oc4ccccc45)cc3)cccc2c1. The van der Waals surface area contributed by atoms with Gasteiger partial charge in [-0.2, -0.15) is 0 Å². The third-order valence-corrected chi connectivity index (χ3v) is 29.5. The number of fused-ring (bicyclic) bond motifs is 24. The predicted octanol–water partition coefficient (Wildman–Crippen LogP) is 37.0. The van der Waals surface area contributed by atoms with Crippen molar-refractivity contribution < 1.29 is 8.83 Å². The summed E-state index contributed by atoms with van der Waals surface area (Å²) in [6.07, 6.45) is 0. The van der Waals surface area contributed by atoms with Gasteiger partial charge in [0.15, 0.2) is 0 Å². The Morgan fingerprint density at radius 1 is 0.218 bits per heavy atom. The van der Waals surface area contributed by atoms with Gasteiger partial charge in [-0.25, -0.2) is 0 Å². The lowest BCUT2D eigenvalue weighted by Crippen LogP contribution is -2.10. The first-order valence-electron chi connectivity index (χ1n) is 45.0. The number of rotatable bonds is 11. The van der Waals surface area contributed by atoms with E-state index in [4.69, 9.17) is 8.83 Å². The minimum absolute atomic E-state index is 0.864. The van der Waals surface area contributed by atoms with E-state index in [-0.39, 0.29) is 0 Å². The monoisotopic (exact) mass is 1800 g/mol. The van der Waals surface area contributed by atoms with E-state index in [0.717, 1.165) is 93.6 Å². The lowest BCUT2D eigenvalue weighted by Gasteiger charge is -2.26. The van der Waals surface area contributed by atoms with Crippen LogP contribution in [0.5, 0.6) is 0 Å². The Bertz CT molecular complexity index is 9520. The summed E-state index contributed by atoms with van der Waals surface area (Å²) in [5.74, 6) is 0. The number of para-hydroxylation sites is 4. The first-order valence-corrected chi connectivity index (χ1v) is 47.4. The summed E-state index contributed by atoms with van der Waals surface area (Å²) in [7, 11) is 0. The summed E-state index contributed by atoms with van der Waals surface area (Å²) in [4.78, 5) is 2.35. The molecule has 9 heteroatoms. The van der Waals surface area contributed by atoms with E-state index in [0.29, 0.717) is 0 Å².